The van der Waals surface area contributed by atoms with E-state index < -0.39 is 32.5 Å². The molecule has 0 aliphatic carbocycles. The summed E-state index contributed by atoms with van der Waals surface area (Å²) < 4.78 is 24.2. The molecule has 0 radical (unpaired) electrons. The number of amides is 3. The molecule has 2 aliphatic heterocycles. The molecule has 2 atom stereocenters. The number of hydrogen-bond donors (Lipinski definition) is 2. The van der Waals surface area contributed by atoms with Crippen LogP contribution >= 0.6 is 23.1 Å². The Balaban J connectivity index is 1.42. The molecule has 0 spiro atoms. The molecule has 2 aliphatic rings. The van der Waals surface area contributed by atoms with Crippen LogP contribution in [0.15, 0.2) is 69.3 Å². The highest BCUT2D eigenvalue weighted by Gasteiger charge is 2.59. The van der Waals surface area contributed by atoms with Crippen LogP contribution in [0.5, 0.6) is 0 Å². The first-order chi connectivity index (χ1) is 17.4. The summed E-state index contributed by atoms with van der Waals surface area (Å²) in [5.41, 5.74) is 0.0194. The largest absolute Gasteiger partial charge is 0.325 e. The second-order valence-electron chi connectivity index (χ2n) is 9.29. The van der Waals surface area contributed by atoms with Crippen molar-refractivity contribution in [3.63, 3.8) is 0 Å². The fraction of sp³-hybridized carbons (Fsp3) is 0.250. The van der Waals surface area contributed by atoms with Crippen molar-refractivity contribution < 1.29 is 22.8 Å². The van der Waals surface area contributed by atoms with Gasteiger partial charge in [-0.2, -0.15) is 0 Å². The van der Waals surface area contributed by atoms with Crippen molar-refractivity contribution in [1.29, 1.82) is 0 Å². The molecular weight excluding hydrogens is 536 g/mol. The van der Waals surface area contributed by atoms with Crippen LogP contribution in [-0.2, 0) is 36.4 Å². The molecule has 1 fully saturated rings. The number of benzene rings is 2. The summed E-state index contributed by atoms with van der Waals surface area (Å²) in [7, 11) is -3.87. The molecule has 1 aromatic heterocycles. The first-order valence-corrected chi connectivity index (χ1v) is 14.4. The first-order valence-electron chi connectivity index (χ1n) is 11.2. The fourth-order valence-corrected chi connectivity index (χ4v) is 8.22. The average molecular weight is 559 g/mol. The number of aromatic nitrogens is 1. The molecule has 0 bridgehead atoms. The van der Waals surface area contributed by atoms with Gasteiger partial charge in [0.1, 0.15) is 11.8 Å². The lowest BCUT2D eigenvalue weighted by Crippen LogP contribution is -2.41. The third-order valence-corrected chi connectivity index (χ3v) is 10.2. The SMILES string of the molecule is CC1(C)c2sc(=O)n(CC(=O)Nc3ccc(S(N)(=O)=O)cc3)c2SC2C(=O)N(c3ccccc3)C(=O)C21. The Hall–Kier alpha value is -3.26. The van der Waals surface area contributed by atoms with Crippen LogP contribution in [0.25, 0.3) is 0 Å². The summed E-state index contributed by atoms with van der Waals surface area (Å²) in [6.07, 6.45) is 0. The normalized spacial score (nSPS) is 20.5. The predicted octanol–water partition coefficient (Wildman–Crippen LogP) is 2.14. The van der Waals surface area contributed by atoms with Gasteiger partial charge in [-0.1, -0.05) is 55.1 Å². The topological polar surface area (TPSA) is 149 Å². The quantitative estimate of drug-likeness (QED) is 0.456. The average Bonchev–Trinajstić information content (AvgIpc) is 3.28. The minimum atomic E-state index is -3.87. The van der Waals surface area contributed by atoms with E-state index in [0.29, 0.717) is 21.3 Å². The van der Waals surface area contributed by atoms with Crippen molar-refractivity contribution in [1.82, 2.24) is 4.57 Å². The van der Waals surface area contributed by atoms with Crippen LogP contribution in [0.4, 0.5) is 11.4 Å². The summed E-state index contributed by atoms with van der Waals surface area (Å²) >= 11 is 2.11. The summed E-state index contributed by atoms with van der Waals surface area (Å²) in [5, 5.41) is 7.50. The van der Waals surface area contributed by atoms with E-state index in [4.69, 9.17) is 5.14 Å². The molecule has 37 heavy (non-hydrogen) atoms. The van der Waals surface area contributed by atoms with E-state index in [0.717, 1.165) is 23.1 Å². The van der Waals surface area contributed by atoms with Crippen molar-refractivity contribution in [2.75, 3.05) is 10.2 Å². The van der Waals surface area contributed by atoms with Crippen LogP contribution in [0, 0.1) is 5.92 Å². The van der Waals surface area contributed by atoms with E-state index in [1.165, 1.54) is 33.7 Å². The Morgan fingerprint density at radius 1 is 1.03 bits per heavy atom. The van der Waals surface area contributed by atoms with Crippen molar-refractivity contribution >= 4 is 62.2 Å². The first kappa shape index (κ1) is 25.4. The lowest BCUT2D eigenvalue weighted by atomic mass is 9.76. The molecule has 1 saturated heterocycles. The third kappa shape index (κ3) is 4.31. The van der Waals surface area contributed by atoms with Crippen LogP contribution in [0.2, 0.25) is 0 Å². The van der Waals surface area contributed by atoms with Gasteiger partial charge >= 0.3 is 4.87 Å². The number of fused-ring (bicyclic) bond motifs is 2. The van der Waals surface area contributed by atoms with Crippen LogP contribution in [-0.4, -0.2) is 36.0 Å². The van der Waals surface area contributed by atoms with Crippen LogP contribution < -0.4 is 20.2 Å². The Morgan fingerprint density at radius 2 is 1.68 bits per heavy atom. The number of para-hydroxylation sites is 1. The second kappa shape index (κ2) is 8.94. The zero-order chi connectivity index (χ0) is 26.7. The molecule has 3 amide bonds. The number of rotatable bonds is 5. The molecular formula is C24H22N4O6S3. The molecule has 3 N–H and O–H groups in total. The standard InChI is InChI=1S/C24H22N4O6S3/c1-24(2)17-18(21(31)28(20(17)30)14-6-4-3-5-7-14)35-22-19(24)36-23(32)27(22)12-16(29)26-13-8-10-15(11-9-13)37(25,33)34/h3-11,17-18H,12H2,1-2H3,(H,26,29)(H2,25,33,34). The van der Waals surface area contributed by atoms with Gasteiger partial charge in [-0.05, 0) is 36.4 Å². The van der Waals surface area contributed by atoms with Gasteiger partial charge in [-0.25, -0.2) is 18.5 Å². The molecule has 0 saturated carbocycles. The van der Waals surface area contributed by atoms with E-state index in [1.807, 2.05) is 13.8 Å². The lowest BCUT2D eigenvalue weighted by molar-refractivity contribution is -0.123. The maximum atomic E-state index is 13.4. The van der Waals surface area contributed by atoms with Gasteiger partial charge < -0.3 is 5.32 Å². The number of nitrogens with one attached hydrogen (secondary N) is 1. The number of hydrogen-bond acceptors (Lipinski definition) is 8. The number of sulfonamides is 1. The Morgan fingerprint density at radius 3 is 2.30 bits per heavy atom. The van der Waals surface area contributed by atoms with E-state index >= 15 is 0 Å². The van der Waals surface area contributed by atoms with Crippen molar-refractivity contribution in [3.05, 3.63) is 69.1 Å². The second-order valence-corrected chi connectivity index (χ2v) is 12.9. The smallest absolute Gasteiger partial charge is 0.308 e. The summed E-state index contributed by atoms with van der Waals surface area (Å²) in [6.45, 7) is 3.37. The number of carbonyl (C=O) groups is 3. The Labute approximate surface area is 220 Å². The fourth-order valence-electron chi connectivity index (χ4n) is 4.67. The minimum absolute atomic E-state index is 0.0952. The highest BCUT2D eigenvalue weighted by molar-refractivity contribution is 8.00. The Kier molecular flexibility index (Phi) is 6.14. The monoisotopic (exact) mass is 558 g/mol. The van der Waals surface area contributed by atoms with Crippen LogP contribution in [0.3, 0.4) is 0 Å². The number of imide groups is 1. The van der Waals surface area contributed by atoms with Gasteiger partial charge in [0.05, 0.1) is 21.5 Å². The highest BCUT2D eigenvalue weighted by atomic mass is 32.2. The number of thioether (sulfide) groups is 1. The van der Waals surface area contributed by atoms with Gasteiger partial charge in [-0.15, -0.1) is 0 Å². The number of thiazole rings is 1. The summed E-state index contributed by atoms with van der Waals surface area (Å²) in [6, 6.07) is 14.0. The van der Waals surface area contributed by atoms with Crippen molar-refractivity contribution in [3.8, 4) is 0 Å². The van der Waals surface area contributed by atoms with Gasteiger partial charge in [-0.3, -0.25) is 23.7 Å². The third-order valence-electron chi connectivity index (χ3n) is 6.49. The number of primary sulfonamides is 1. The molecule has 3 aromatic rings. The van der Waals surface area contributed by atoms with E-state index in [9.17, 15) is 27.6 Å². The van der Waals surface area contributed by atoms with Gasteiger partial charge in [0.15, 0.2) is 0 Å². The number of anilines is 2. The summed E-state index contributed by atoms with van der Waals surface area (Å²) in [5.74, 6) is -1.83. The van der Waals surface area contributed by atoms with Gasteiger partial charge in [0.2, 0.25) is 27.7 Å². The van der Waals surface area contributed by atoms with E-state index in [1.54, 1.807) is 30.3 Å². The van der Waals surface area contributed by atoms with Crippen molar-refractivity contribution in [2.45, 2.75) is 41.0 Å². The highest BCUT2D eigenvalue weighted by Crippen LogP contribution is 2.54. The zero-order valence-electron chi connectivity index (χ0n) is 19.7. The molecule has 2 unspecified atom stereocenters. The maximum absolute atomic E-state index is 13.4. The minimum Gasteiger partial charge on any atom is -0.325 e. The van der Waals surface area contributed by atoms with Gasteiger partial charge in [0, 0.05) is 16.0 Å². The maximum Gasteiger partial charge on any atom is 0.308 e. The number of nitrogens with two attached hydrogens (primary N) is 1. The number of nitrogens with zero attached hydrogens (tertiary/aromatic N) is 2. The molecule has 13 heteroatoms. The zero-order valence-corrected chi connectivity index (χ0v) is 22.2. The number of carbonyl (C=O) groups excluding carboxylic acids is 3. The molecule has 2 aromatic carbocycles. The predicted molar refractivity (Wildman–Crippen MR) is 140 cm³/mol. The van der Waals surface area contributed by atoms with E-state index in [2.05, 4.69) is 5.32 Å². The lowest BCUT2D eigenvalue weighted by Gasteiger charge is -2.36. The van der Waals surface area contributed by atoms with E-state index in [-0.39, 0.29) is 28.1 Å². The van der Waals surface area contributed by atoms with Crippen molar-refractivity contribution in [2.24, 2.45) is 11.1 Å². The molecule has 192 valence electrons. The molecule has 5 rings (SSSR count). The van der Waals surface area contributed by atoms with Gasteiger partial charge in [0.25, 0.3) is 0 Å². The Bertz CT molecular complexity index is 1590. The molecule has 10 nitrogen and oxygen atoms in total. The van der Waals surface area contributed by atoms with Crippen LogP contribution in [0.1, 0.15) is 18.7 Å². The summed E-state index contributed by atoms with van der Waals surface area (Å²) in [4.78, 5) is 54.0. The molecule has 3 heterocycles.